The molecule has 7 aromatic carbocycles. The third-order valence-electron chi connectivity index (χ3n) is 9.66. The summed E-state index contributed by atoms with van der Waals surface area (Å²) in [6, 6.07) is 60.1. The first kappa shape index (κ1) is 25.7. The van der Waals surface area contributed by atoms with E-state index >= 15 is 0 Å². The molecule has 0 saturated heterocycles. The Balaban J connectivity index is 1.16. The van der Waals surface area contributed by atoms with Crippen molar-refractivity contribution >= 4 is 88.7 Å². The van der Waals surface area contributed by atoms with Crippen LogP contribution in [0.5, 0.6) is 0 Å². The van der Waals surface area contributed by atoms with Gasteiger partial charge in [-0.1, -0.05) is 109 Å². The molecule has 0 unspecified atom stereocenters. The van der Waals surface area contributed by atoms with Gasteiger partial charge >= 0.3 is 0 Å². The zero-order chi connectivity index (χ0) is 30.2. The summed E-state index contributed by atoms with van der Waals surface area (Å²) in [4.78, 5) is 4.90. The highest BCUT2D eigenvalue weighted by Gasteiger charge is 2.42. The van der Waals surface area contributed by atoms with Gasteiger partial charge in [-0.15, -0.1) is 11.3 Å². The molecule has 8 aromatic rings. The molecule has 46 heavy (non-hydrogen) atoms. The zero-order valence-corrected chi connectivity index (χ0v) is 25.8. The number of hydrogen-bond donors (Lipinski definition) is 0. The highest BCUT2D eigenvalue weighted by atomic mass is 32.1. The van der Waals surface area contributed by atoms with E-state index in [-0.39, 0.29) is 6.71 Å². The van der Waals surface area contributed by atoms with Gasteiger partial charge in [0.2, 0.25) is 0 Å². The van der Waals surface area contributed by atoms with E-state index in [2.05, 4.69) is 174 Å². The normalized spacial score (nSPS) is 13.1. The van der Waals surface area contributed by atoms with Gasteiger partial charge < -0.3 is 9.80 Å². The van der Waals surface area contributed by atoms with Crippen molar-refractivity contribution in [1.29, 1.82) is 0 Å². The fourth-order valence-electron chi connectivity index (χ4n) is 7.73. The van der Waals surface area contributed by atoms with Crippen LogP contribution in [0, 0.1) is 0 Å². The van der Waals surface area contributed by atoms with Gasteiger partial charge in [-0.2, -0.15) is 0 Å². The molecule has 10 rings (SSSR count). The van der Waals surface area contributed by atoms with Crippen LogP contribution in [0.15, 0.2) is 164 Å². The molecule has 3 heterocycles. The molecule has 0 spiro atoms. The van der Waals surface area contributed by atoms with Crippen LogP contribution in [0.4, 0.5) is 34.1 Å². The highest BCUT2D eigenvalue weighted by molar-refractivity contribution is 7.26. The maximum Gasteiger partial charge on any atom is 0.252 e. The largest absolute Gasteiger partial charge is 0.311 e. The van der Waals surface area contributed by atoms with Gasteiger partial charge in [-0.3, -0.25) is 0 Å². The Kier molecular flexibility index (Phi) is 5.57. The van der Waals surface area contributed by atoms with E-state index in [1.54, 1.807) is 0 Å². The average molecular weight is 603 g/mol. The summed E-state index contributed by atoms with van der Waals surface area (Å²) in [5.74, 6) is 0. The van der Waals surface area contributed by atoms with Crippen molar-refractivity contribution in [3.05, 3.63) is 164 Å². The molecular weight excluding hydrogens is 575 g/mol. The van der Waals surface area contributed by atoms with Gasteiger partial charge in [0.25, 0.3) is 6.71 Å². The van der Waals surface area contributed by atoms with Crippen LogP contribution in [0.3, 0.4) is 0 Å². The molecule has 0 saturated carbocycles. The number of thiophene rings is 1. The third-order valence-corrected chi connectivity index (χ3v) is 10.9. The minimum Gasteiger partial charge on any atom is -0.311 e. The lowest BCUT2D eigenvalue weighted by Gasteiger charge is -2.44. The van der Waals surface area contributed by atoms with E-state index in [1.165, 1.54) is 76.1 Å². The van der Waals surface area contributed by atoms with Crippen molar-refractivity contribution in [2.24, 2.45) is 0 Å². The summed E-state index contributed by atoms with van der Waals surface area (Å²) in [7, 11) is 0. The lowest BCUT2D eigenvalue weighted by molar-refractivity contribution is 1.25. The lowest BCUT2D eigenvalue weighted by Crippen LogP contribution is -2.61. The second kappa shape index (κ2) is 9.97. The van der Waals surface area contributed by atoms with Crippen LogP contribution < -0.4 is 26.2 Å². The van der Waals surface area contributed by atoms with Crippen LogP contribution in [-0.2, 0) is 0 Å². The molecule has 0 radical (unpaired) electrons. The molecule has 2 nitrogen and oxygen atoms in total. The number of hydrogen-bond acceptors (Lipinski definition) is 3. The first-order valence-electron chi connectivity index (χ1n) is 15.8. The van der Waals surface area contributed by atoms with Crippen molar-refractivity contribution < 1.29 is 0 Å². The Morgan fingerprint density at radius 3 is 1.67 bits per heavy atom. The van der Waals surface area contributed by atoms with Crippen LogP contribution in [0.2, 0.25) is 0 Å². The van der Waals surface area contributed by atoms with E-state index in [0.29, 0.717) is 0 Å². The van der Waals surface area contributed by atoms with Gasteiger partial charge in [0.1, 0.15) is 0 Å². The minimum absolute atomic E-state index is 0.152. The predicted octanol–water partition coefficient (Wildman–Crippen LogP) is 9.80. The number of rotatable bonds is 3. The van der Waals surface area contributed by atoms with Crippen LogP contribution in [-0.4, -0.2) is 6.71 Å². The van der Waals surface area contributed by atoms with Gasteiger partial charge in [0.05, 0.1) is 0 Å². The predicted molar refractivity (Wildman–Crippen MR) is 199 cm³/mol. The Morgan fingerprint density at radius 2 is 0.957 bits per heavy atom. The van der Waals surface area contributed by atoms with Crippen LogP contribution in [0.1, 0.15) is 0 Å². The molecule has 0 N–H and O–H groups in total. The molecule has 0 aliphatic carbocycles. The van der Waals surface area contributed by atoms with E-state index in [9.17, 15) is 0 Å². The van der Waals surface area contributed by atoms with Gasteiger partial charge in [-0.05, 0) is 82.1 Å². The molecule has 0 bridgehead atoms. The third kappa shape index (κ3) is 3.65. The van der Waals surface area contributed by atoms with Gasteiger partial charge in [-0.25, -0.2) is 0 Å². The quantitative estimate of drug-likeness (QED) is 0.186. The highest BCUT2D eigenvalue weighted by Crippen LogP contribution is 2.45. The molecule has 0 atom stereocenters. The number of benzene rings is 7. The number of nitrogens with zero attached hydrogens (tertiary/aromatic N) is 2. The molecule has 2 aliphatic heterocycles. The second-order valence-electron chi connectivity index (χ2n) is 12.1. The van der Waals surface area contributed by atoms with Gasteiger partial charge in [0.15, 0.2) is 0 Å². The molecule has 0 amide bonds. The van der Waals surface area contributed by atoms with Crippen LogP contribution in [0.25, 0.3) is 31.3 Å². The van der Waals surface area contributed by atoms with Crippen molar-refractivity contribution in [2.45, 2.75) is 0 Å². The summed E-state index contributed by atoms with van der Waals surface area (Å²) in [6.45, 7) is 0.152. The number of anilines is 6. The molecular formula is C42H27BN2S. The smallest absolute Gasteiger partial charge is 0.252 e. The number of fused-ring (bicyclic) bond motifs is 7. The molecule has 2 aliphatic rings. The number of para-hydroxylation sites is 3. The standard InChI is InChI=1S/C42H27BN2S/c1-2-12-29(13-3-1)44-36-19-7-5-17-34(36)43-35-18-6-8-20-37(35)45(39-22-11-21-38(44)41(39)43)30-26-24-28(25-27-30)31-15-10-16-33-32-14-4-9-23-40(32)46-42(31)33/h1-27H. The maximum atomic E-state index is 2.46. The first-order valence-corrected chi connectivity index (χ1v) is 16.6. The summed E-state index contributed by atoms with van der Waals surface area (Å²) in [5.41, 5.74) is 13.8. The second-order valence-corrected chi connectivity index (χ2v) is 13.1. The fraction of sp³-hybridized carbons (Fsp3) is 0. The summed E-state index contributed by atoms with van der Waals surface area (Å²) < 4.78 is 2.68. The maximum absolute atomic E-state index is 2.46. The van der Waals surface area contributed by atoms with Crippen molar-refractivity contribution in [3.8, 4) is 11.1 Å². The van der Waals surface area contributed by atoms with Crippen molar-refractivity contribution in [2.75, 3.05) is 9.80 Å². The molecule has 4 heteroatoms. The SMILES string of the molecule is c1ccc(N2c3ccccc3B3c4ccccc4N(c4ccc(-c5cccc6c5sc5ccccc56)cc4)c4cccc2c43)cc1. The zero-order valence-electron chi connectivity index (χ0n) is 25.0. The topological polar surface area (TPSA) is 6.48 Å². The van der Waals surface area contributed by atoms with Gasteiger partial charge in [0, 0.05) is 54.3 Å². The van der Waals surface area contributed by atoms with E-state index in [0.717, 1.165) is 5.69 Å². The Hall–Kier alpha value is -5.58. The Labute approximate surface area is 272 Å². The van der Waals surface area contributed by atoms with Crippen molar-refractivity contribution in [1.82, 2.24) is 0 Å². The van der Waals surface area contributed by atoms with E-state index < -0.39 is 0 Å². The minimum atomic E-state index is 0.152. The molecule has 214 valence electrons. The first-order chi connectivity index (χ1) is 22.8. The Morgan fingerprint density at radius 1 is 0.413 bits per heavy atom. The monoisotopic (exact) mass is 602 g/mol. The fourth-order valence-corrected chi connectivity index (χ4v) is 8.97. The Bertz CT molecular complexity index is 2450. The van der Waals surface area contributed by atoms with Crippen LogP contribution >= 0.6 is 11.3 Å². The van der Waals surface area contributed by atoms with E-state index in [4.69, 9.17) is 0 Å². The summed E-state index contributed by atoms with van der Waals surface area (Å²) >= 11 is 1.89. The summed E-state index contributed by atoms with van der Waals surface area (Å²) in [5, 5.41) is 2.66. The van der Waals surface area contributed by atoms with E-state index in [1.807, 2.05) is 11.3 Å². The van der Waals surface area contributed by atoms with Crippen molar-refractivity contribution in [3.63, 3.8) is 0 Å². The average Bonchev–Trinajstić information content (AvgIpc) is 3.51. The lowest BCUT2D eigenvalue weighted by atomic mass is 9.33. The summed E-state index contributed by atoms with van der Waals surface area (Å²) in [6.07, 6.45) is 0. The molecule has 0 fully saturated rings. The molecule has 1 aromatic heterocycles.